The van der Waals surface area contributed by atoms with Crippen molar-refractivity contribution in [2.45, 2.75) is 26.4 Å². The highest BCUT2D eigenvalue weighted by atomic mass is 28.4. The summed E-state index contributed by atoms with van der Waals surface area (Å²) >= 11 is 0. The maximum absolute atomic E-state index is 5.44. The minimum absolute atomic E-state index is 0.768. The Hall–Kier alpha value is 0.137. The molecule has 2 nitrogen and oxygen atoms in total. The van der Waals surface area contributed by atoms with Gasteiger partial charge in [0, 0.05) is 13.7 Å². The summed E-state index contributed by atoms with van der Waals surface area (Å²) in [5.74, 6) is 0. The first-order valence-electron chi connectivity index (χ1n) is 3.37. The molecule has 0 heterocycles. The third-order valence-electron chi connectivity index (χ3n) is 1.52. The maximum atomic E-state index is 5.44. The van der Waals surface area contributed by atoms with Crippen molar-refractivity contribution >= 4 is 8.56 Å². The summed E-state index contributed by atoms with van der Waals surface area (Å²) in [5, 5.41) is 0. The first kappa shape index (κ1) is 9.14. The summed E-state index contributed by atoms with van der Waals surface area (Å²) in [7, 11) is 0.0302. The van der Waals surface area contributed by atoms with E-state index < -0.39 is 8.56 Å². The summed E-state index contributed by atoms with van der Waals surface area (Å²) in [5.41, 5.74) is 0. The van der Waals surface area contributed by atoms with Crippen LogP contribution in [-0.4, -0.2) is 22.3 Å². The van der Waals surface area contributed by atoms with E-state index >= 15 is 0 Å². The van der Waals surface area contributed by atoms with Crippen molar-refractivity contribution in [1.29, 1.82) is 0 Å². The number of hydrogen-bond donors (Lipinski definition) is 0. The van der Waals surface area contributed by atoms with Gasteiger partial charge >= 0.3 is 8.56 Å². The van der Waals surface area contributed by atoms with Crippen LogP contribution in [0.4, 0.5) is 0 Å². The molecule has 0 spiro atoms. The SMILES string of the molecule is CCO[Si](C)(CC)OC. The summed E-state index contributed by atoms with van der Waals surface area (Å²) < 4.78 is 10.7. The van der Waals surface area contributed by atoms with Gasteiger partial charge in [0.05, 0.1) is 0 Å². The largest absolute Gasteiger partial charge is 0.398 e. The van der Waals surface area contributed by atoms with E-state index in [2.05, 4.69) is 13.5 Å². The summed E-state index contributed by atoms with van der Waals surface area (Å²) in [4.78, 5) is 0. The molecular formula is C6H16O2Si. The van der Waals surface area contributed by atoms with Crippen molar-refractivity contribution in [3.8, 4) is 0 Å². The van der Waals surface area contributed by atoms with Gasteiger partial charge in [-0.3, -0.25) is 0 Å². The quantitative estimate of drug-likeness (QED) is 0.566. The molecule has 9 heavy (non-hydrogen) atoms. The normalized spacial score (nSPS) is 17.3. The van der Waals surface area contributed by atoms with Crippen LogP contribution in [0.1, 0.15) is 13.8 Å². The van der Waals surface area contributed by atoms with Gasteiger partial charge < -0.3 is 8.85 Å². The fraction of sp³-hybridized carbons (Fsp3) is 1.00. The molecule has 0 radical (unpaired) electrons. The second-order valence-corrected chi connectivity index (χ2v) is 5.80. The second-order valence-electron chi connectivity index (χ2n) is 2.12. The van der Waals surface area contributed by atoms with Gasteiger partial charge in [-0.1, -0.05) is 6.92 Å². The molecule has 0 aromatic heterocycles. The third kappa shape index (κ3) is 2.98. The van der Waals surface area contributed by atoms with Crippen LogP contribution < -0.4 is 0 Å². The Bertz CT molecular complexity index is 71.5. The standard InChI is InChI=1S/C6H16O2Si/c1-5-8-9(4,6-2)7-3/h5-6H2,1-4H3. The zero-order valence-corrected chi connectivity index (χ0v) is 7.73. The molecule has 56 valence electrons. The smallest absolute Gasteiger partial charge is 0.334 e. The highest BCUT2D eigenvalue weighted by Crippen LogP contribution is 2.10. The maximum Gasteiger partial charge on any atom is 0.334 e. The van der Waals surface area contributed by atoms with Gasteiger partial charge in [-0.15, -0.1) is 0 Å². The van der Waals surface area contributed by atoms with Gasteiger partial charge in [-0.25, -0.2) is 0 Å². The second kappa shape index (κ2) is 4.03. The van der Waals surface area contributed by atoms with Crippen molar-refractivity contribution in [3.63, 3.8) is 0 Å². The Kier molecular flexibility index (Phi) is 4.09. The molecule has 0 aliphatic carbocycles. The Balaban J connectivity index is 3.62. The molecule has 1 unspecified atom stereocenters. The first-order chi connectivity index (χ1) is 4.18. The van der Waals surface area contributed by atoms with E-state index in [1.165, 1.54) is 0 Å². The van der Waals surface area contributed by atoms with E-state index in [1.807, 2.05) is 6.92 Å². The van der Waals surface area contributed by atoms with Crippen molar-refractivity contribution in [2.75, 3.05) is 13.7 Å². The molecule has 0 fully saturated rings. The van der Waals surface area contributed by atoms with Crippen LogP contribution in [-0.2, 0) is 8.85 Å². The Morgan fingerprint density at radius 2 is 1.89 bits per heavy atom. The van der Waals surface area contributed by atoms with Gasteiger partial charge in [-0.2, -0.15) is 0 Å². The van der Waals surface area contributed by atoms with Crippen LogP contribution in [0, 0.1) is 0 Å². The summed E-state index contributed by atoms with van der Waals surface area (Å²) in [6.45, 7) is 6.95. The first-order valence-corrected chi connectivity index (χ1v) is 5.90. The number of hydrogen-bond acceptors (Lipinski definition) is 2. The van der Waals surface area contributed by atoms with Crippen LogP contribution in [0.2, 0.25) is 12.6 Å². The van der Waals surface area contributed by atoms with E-state index in [9.17, 15) is 0 Å². The molecular weight excluding hydrogens is 132 g/mol. The molecule has 0 saturated carbocycles. The van der Waals surface area contributed by atoms with Crippen LogP contribution in [0.5, 0.6) is 0 Å². The molecule has 0 saturated heterocycles. The lowest BCUT2D eigenvalue weighted by Crippen LogP contribution is -2.36. The predicted octanol–water partition coefficient (Wildman–Crippen LogP) is 1.76. The average Bonchev–Trinajstić information content (AvgIpc) is 1.89. The van der Waals surface area contributed by atoms with Gasteiger partial charge in [0.25, 0.3) is 0 Å². The van der Waals surface area contributed by atoms with E-state index in [0.717, 1.165) is 12.7 Å². The molecule has 1 atom stereocenters. The van der Waals surface area contributed by atoms with Gasteiger partial charge in [0.1, 0.15) is 0 Å². The molecule has 0 aromatic carbocycles. The minimum Gasteiger partial charge on any atom is -0.398 e. The molecule has 0 bridgehead atoms. The van der Waals surface area contributed by atoms with E-state index in [1.54, 1.807) is 7.11 Å². The molecule has 0 amide bonds. The zero-order valence-electron chi connectivity index (χ0n) is 6.73. The summed E-state index contributed by atoms with van der Waals surface area (Å²) in [6.07, 6.45) is 0. The van der Waals surface area contributed by atoms with Crippen molar-refractivity contribution < 1.29 is 8.85 Å². The van der Waals surface area contributed by atoms with E-state index in [-0.39, 0.29) is 0 Å². The van der Waals surface area contributed by atoms with Crippen LogP contribution >= 0.6 is 0 Å². The van der Waals surface area contributed by atoms with Crippen LogP contribution in [0.25, 0.3) is 0 Å². The monoisotopic (exact) mass is 148 g/mol. The third-order valence-corrected chi connectivity index (χ3v) is 4.57. The topological polar surface area (TPSA) is 18.5 Å². The Labute approximate surface area is 58.4 Å². The average molecular weight is 148 g/mol. The molecule has 0 aromatic rings. The van der Waals surface area contributed by atoms with Crippen LogP contribution in [0.15, 0.2) is 0 Å². The lowest BCUT2D eigenvalue weighted by molar-refractivity contribution is 0.216. The van der Waals surface area contributed by atoms with Gasteiger partial charge in [0.15, 0.2) is 0 Å². The summed E-state index contributed by atoms with van der Waals surface area (Å²) in [6, 6.07) is 1.03. The van der Waals surface area contributed by atoms with Gasteiger partial charge in [0.2, 0.25) is 0 Å². The Morgan fingerprint density at radius 1 is 1.33 bits per heavy atom. The highest BCUT2D eigenvalue weighted by molar-refractivity contribution is 6.65. The predicted molar refractivity (Wildman–Crippen MR) is 40.7 cm³/mol. The zero-order chi connectivity index (χ0) is 7.33. The van der Waals surface area contributed by atoms with Crippen molar-refractivity contribution in [2.24, 2.45) is 0 Å². The fourth-order valence-electron chi connectivity index (χ4n) is 0.611. The highest BCUT2D eigenvalue weighted by Gasteiger charge is 2.26. The minimum atomic E-state index is -1.70. The van der Waals surface area contributed by atoms with Crippen molar-refractivity contribution in [3.05, 3.63) is 0 Å². The molecule has 0 rings (SSSR count). The fourth-order valence-corrected chi connectivity index (χ4v) is 1.83. The lowest BCUT2D eigenvalue weighted by atomic mass is 10.9. The Morgan fingerprint density at radius 3 is 2.00 bits per heavy atom. The molecule has 0 aliphatic rings. The van der Waals surface area contributed by atoms with Gasteiger partial charge in [-0.05, 0) is 19.5 Å². The lowest BCUT2D eigenvalue weighted by Gasteiger charge is -2.22. The van der Waals surface area contributed by atoms with Crippen LogP contribution in [0.3, 0.4) is 0 Å². The van der Waals surface area contributed by atoms with E-state index in [4.69, 9.17) is 8.85 Å². The van der Waals surface area contributed by atoms with E-state index in [0.29, 0.717) is 0 Å². The van der Waals surface area contributed by atoms with Crippen molar-refractivity contribution in [1.82, 2.24) is 0 Å². The molecule has 0 N–H and O–H groups in total. The molecule has 0 aliphatic heterocycles. The number of rotatable bonds is 4. The molecule has 3 heteroatoms.